The van der Waals surface area contributed by atoms with Gasteiger partial charge in [-0.15, -0.1) is 0 Å². The Morgan fingerprint density at radius 1 is 0.800 bits per heavy atom. The Morgan fingerprint density at radius 3 is 1.44 bits per heavy atom. The summed E-state index contributed by atoms with van der Waals surface area (Å²) in [6, 6.07) is 4.42. The van der Waals surface area contributed by atoms with Gasteiger partial charge in [0.15, 0.2) is 0 Å². The predicted octanol–water partition coefficient (Wildman–Crippen LogP) is 3.18. The van der Waals surface area contributed by atoms with Crippen molar-refractivity contribution in [3.05, 3.63) is 18.2 Å². The minimum Gasteiger partial charge on any atom is -0.506 e. The third kappa shape index (κ3) is 3.73. The normalized spacial score (nSPS) is 26.9. The van der Waals surface area contributed by atoms with Crippen molar-refractivity contribution >= 4 is 25.8 Å². The molecule has 2 saturated heterocycles. The molecule has 140 valence electrons. The predicted molar refractivity (Wildman–Crippen MR) is 94.0 cm³/mol. The van der Waals surface area contributed by atoms with Crippen molar-refractivity contribution in [1.82, 2.24) is 0 Å². The number of benzene rings is 1. The van der Waals surface area contributed by atoms with Crippen LogP contribution in [-0.2, 0) is 27.2 Å². The van der Waals surface area contributed by atoms with Crippen LogP contribution in [0.2, 0.25) is 0 Å². The summed E-state index contributed by atoms with van der Waals surface area (Å²) in [4.78, 5) is 0. The van der Waals surface area contributed by atoms with E-state index in [0.29, 0.717) is 0 Å². The fraction of sp³-hybridized carbons (Fsp3) is 0.625. The van der Waals surface area contributed by atoms with Crippen molar-refractivity contribution in [1.29, 1.82) is 0 Å². The van der Waals surface area contributed by atoms with E-state index in [9.17, 15) is 14.2 Å². The van der Waals surface area contributed by atoms with Gasteiger partial charge >= 0.3 is 15.2 Å². The van der Waals surface area contributed by atoms with E-state index in [1.165, 1.54) is 18.2 Å². The second-order valence-electron chi connectivity index (χ2n) is 8.06. The minimum atomic E-state index is -3.70. The third-order valence-corrected chi connectivity index (χ3v) is 7.86. The smallest absolute Gasteiger partial charge is 0.365 e. The van der Waals surface area contributed by atoms with Gasteiger partial charge < -0.3 is 23.2 Å². The van der Waals surface area contributed by atoms with Crippen molar-refractivity contribution in [2.24, 2.45) is 10.8 Å². The summed E-state index contributed by atoms with van der Waals surface area (Å²) in [5.41, 5.74) is -0.538. The fourth-order valence-corrected chi connectivity index (χ4v) is 6.60. The van der Waals surface area contributed by atoms with Gasteiger partial charge in [0.25, 0.3) is 0 Å². The molecule has 25 heavy (non-hydrogen) atoms. The minimum absolute atomic E-state index is 0.0206. The molecule has 1 aromatic rings. The Bertz CT molecular complexity index is 683. The molecule has 7 nitrogen and oxygen atoms in total. The summed E-state index contributed by atoms with van der Waals surface area (Å²) in [7, 11) is -7.40. The van der Waals surface area contributed by atoms with E-state index in [4.69, 9.17) is 18.1 Å². The van der Waals surface area contributed by atoms with Gasteiger partial charge in [-0.25, -0.2) is 0 Å². The second kappa shape index (κ2) is 6.19. The third-order valence-electron chi connectivity index (χ3n) is 4.08. The van der Waals surface area contributed by atoms with Crippen LogP contribution < -0.4 is 10.6 Å². The number of hydrogen-bond donors (Lipinski definition) is 1. The van der Waals surface area contributed by atoms with Gasteiger partial charge in [-0.3, -0.25) is 9.13 Å². The van der Waals surface area contributed by atoms with E-state index >= 15 is 0 Å². The van der Waals surface area contributed by atoms with E-state index in [0.717, 1.165) is 0 Å². The summed E-state index contributed by atoms with van der Waals surface area (Å²) < 4.78 is 47.9. The molecular weight excluding hydrogens is 366 g/mol. The molecule has 0 aromatic heterocycles. The maximum absolute atomic E-state index is 13.0. The average molecular weight is 390 g/mol. The molecule has 2 fully saturated rings. The van der Waals surface area contributed by atoms with Gasteiger partial charge in [0.2, 0.25) is 0 Å². The second-order valence-corrected chi connectivity index (χ2v) is 12.0. The van der Waals surface area contributed by atoms with Crippen LogP contribution in [-0.4, -0.2) is 31.5 Å². The van der Waals surface area contributed by atoms with Crippen molar-refractivity contribution in [3.63, 3.8) is 0 Å². The monoisotopic (exact) mass is 390 g/mol. The van der Waals surface area contributed by atoms with Crippen LogP contribution in [0.1, 0.15) is 27.7 Å². The van der Waals surface area contributed by atoms with E-state index < -0.39 is 20.9 Å². The molecule has 9 heteroatoms. The highest BCUT2D eigenvalue weighted by Gasteiger charge is 2.44. The van der Waals surface area contributed by atoms with E-state index in [1.807, 2.05) is 27.7 Å². The van der Waals surface area contributed by atoms with Crippen LogP contribution in [0.4, 0.5) is 0 Å². The molecule has 0 bridgehead atoms. The van der Waals surface area contributed by atoms with Crippen LogP contribution in [0.5, 0.6) is 5.75 Å². The summed E-state index contributed by atoms with van der Waals surface area (Å²) in [5, 5.41) is 10.6. The molecule has 0 amide bonds. The summed E-state index contributed by atoms with van der Waals surface area (Å²) in [6.07, 6.45) is 0. The molecule has 0 atom stereocenters. The number of hydrogen-bond acceptors (Lipinski definition) is 7. The molecule has 0 saturated carbocycles. The number of aromatic hydroxyl groups is 1. The van der Waals surface area contributed by atoms with E-state index in [-0.39, 0.29) is 47.9 Å². The van der Waals surface area contributed by atoms with Gasteiger partial charge in [-0.1, -0.05) is 33.8 Å². The quantitative estimate of drug-likeness (QED) is 0.776. The van der Waals surface area contributed by atoms with Crippen LogP contribution in [0.3, 0.4) is 0 Å². The van der Waals surface area contributed by atoms with Crippen molar-refractivity contribution in [3.8, 4) is 5.75 Å². The number of rotatable bonds is 2. The van der Waals surface area contributed by atoms with Crippen LogP contribution in [0, 0.1) is 10.8 Å². The zero-order valence-corrected chi connectivity index (χ0v) is 16.6. The largest absolute Gasteiger partial charge is 0.506 e. The van der Waals surface area contributed by atoms with E-state index in [2.05, 4.69) is 0 Å². The molecule has 0 spiro atoms. The first kappa shape index (κ1) is 19.1. The highest BCUT2D eigenvalue weighted by molar-refractivity contribution is 7.64. The van der Waals surface area contributed by atoms with Gasteiger partial charge in [0.05, 0.1) is 26.4 Å². The van der Waals surface area contributed by atoms with Crippen LogP contribution in [0.15, 0.2) is 18.2 Å². The molecule has 0 unspecified atom stereocenters. The first-order valence-corrected chi connectivity index (χ1v) is 11.2. The SMILES string of the molecule is CC1(C)COP(=O)(c2cccc(P3(=O)OCC(C)(C)CO3)c2O)OC1. The highest BCUT2D eigenvalue weighted by atomic mass is 31.2. The number of phenolic OH excluding ortho intramolecular Hbond substituents is 1. The first-order valence-electron chi connectivity index (χ1n) is 8.08. The lowest BCUT2D eigenvalue weighted by molar-refractivity contribution is 0.0457. The number of phenols is 1. The van der Waals surface area contributed by atoms with Crippen molar-refractivity contribution < 1.29 is 32.3 Å². The maximum Gasteiger partial charge on any atom is 0.365 e. The molecule has 2 aliphatic heterocycles. The topological polar surface area (TPSA) is 91.3 Å². The Kier molecular flexibility index (Phi) is 4.73. The van der Waals surface area contributed by atoms with Crippen molar-refractivity contribution in [2.45, 2.75) is 27.7 Å². The summed E-state index contributed by atoms with van der Waals surface area (Å²) >= 11 is 0. The zero-order chi connectivity index (χ0) is 18.5. The van der Waals surface area contributed by atoms with Gasteiger partial charge in [-0.05, 0) is 12.1 Å². The number of para-hydroxylation sites is 1. The average Bonchev–Trinajstić information content (AvgIpc) is 2.54. The lowest BCUT2D eigenvalue weighted by atomic mass is 9.97. The molecule has 0 aliphatic carbocycles. The first-order chi connectivity index (χ1) is 11.5. The fourth-order valence-electron chi connectivity index (χ4n) is 2.44. The molecule has 2 heterocycles. The lowest BCUT2D eigenvalue weighted by Crippen LogP contribution is -2.34. The Balaban J connectivity index is 1.94. The highest BCUT2D eigenvalue weighted by Crippen LogP contribution is 2.57. The van der Waals surface area contributed by atoms with Crippen LogP contribution in [0.25, 0.3) is 0 Å². The molecular formula is C16H24O7P2. The standard InChI is InChI=1S/C16H24O7P2/c1-15(2)8-20-24(18,21-9-15)12-6-5-7-13(14(12)17)25(19)22-10-16(3,4)11-23-25/h5-7,17H,8-11H2,1-4H3. The molecule has 0 radical (unpaired) electrons. The van der Waals surface area contributed by atoms with Gasteiger partial charge in [0.1, 0.15) is 16.4 Å². The zero-order valence-electron chi connectivity index (χ0n) is 14.9. The Hall–Kier alpha value is -0.680. The van der Waals surface area contributed by atoms with Gasteiger partial charge in [0, 0.05) is 10.8 Å². The maximum atomic E-state index is 13.0. The Morgan fingerprint density at radius 2 is 1.12 bits per heavy atom. The molecule has 3 rings (SSSR count). The van der Waals surface area contributed by atoms with Crippen LogP contribution >= 0.6 is 15.2 Å². The molecule has 1 N–H and O–H groups in total. The van der Waals surface area contributed by atoms with E-state index in [1.54, 1.807) is 0 Å². The van der Waals surface area contributed by atoms with Crippen molar-refractivity contribution in [2.75, 3.05) is 26.4 Å². The Labute approximate surface area is 147 Å². The lowest BCUT2D eigenvalue weighted by Gasteiger charge is -2.35. The molecule has 1 aromatic carbocycles. The summed E-state index contributed by atoms with van der Waals surface area (Å²) in [5.74, 6) is -0.423. The summed E-state index contributed by atoms with van der Waals surface area (Å²) in [6.45, 7) is 8.62. The van der Waals surface area contributed by atoms with Gasteiger partial charge in [-0.2, -0.15) is 0 Å². The molecule has 2 aliphatic rings.